The average molecular weight is 460 g/mol. The largest absolute Gasteiger partial charge is 0.433 e. The van der Waals surface area contributed by atoms with Crippen molar-refractivity contribution in [3.05, 3.63) is 65.6 Å². The number of carbonyl (C=O) groups is 1. The van der Waals surface area contributed by atoms with Gasteiger partial charge < -0.3 is 16.0 Å². The van der Waals surface area contributed by atoms with Gasteiger partial charge in [0.2, 0.25) is 0 Å². The lowest BCUT2D eigenvalue weighted by molar-refractivity contribution is -0.140. The van der Waals surface area contributed by atoms with Gasteiger partial charge >= 0.3 is 6.18 Å². The van der Waals surface area contributed by atoms with E-state index < -0.39 is 17.7 Å². The number of hydrogen-bond acceptors (Lipinski definition) is 4. The van der Waals surface area contributed by atoms with Crippen molar-refractivity contribution in [2.24, 2.45) is 0 Å². The van der Waals surface area contributed by atoms with E-state index in [1.807, 2.05) is 6.07 Å². The molecule has 0 radical (unpaired) electrons. The van der Waals surface area contributed by atoms with Crippen molar-refractivity contribution in [2.75, 3.05) is 17.7 Å². The molecule has 9 heteroatoms. The van der Waals surface area contributed by atoms with Gasteiger partial charge in [-0.25, -0.2) is 9.37 Å². The molecule has 174 valence electrons. The van der Waals surface area contributed by atoms with E-state index in [9.17, 15) is 22.4 Å². The minimum Gasteiger partial charge on any atom is -0.388 e. The van der Waals surface area contributed by atoms with Crippen LogP contribution in [0.5, 0.6) is 0 Å². The number of amides is 1. The molecule has 0 spiro atoms. The van der Waals surface area contributed by atoms with E-state index in [-0.39, 0.29) is 34.6 Å². The van der Waals surface area contributed by atoms with Crippen LogP contribution in [-0.4, -0.2) is 30.0 Å². The maximum Gasteiger partial charge on any atom is 0.433 e. The van der Waals surface area contributed by atoms with E-state index in [1.165, 1.54) is 12.1 Å². The highest BCUT2D eigenvalue weighted by atomic mass is 19.4. The highest BCUT2D eigenvalue weighted by molar-refractivity contribution is 5.95. The second-order valence-corrected chi connectivity index (χ2v) is 8.22. The van der Waals surface area contributed by atoms with Gasteiger partial charge in [0.25, 0.3) is 5.91 Å². The van der Waals surface area contributed by atoms with Crippen LogP contribution in [0.25, 0.3) is 10.9 Å². The van der Waals surface area contributed by atoms with Gasteiger partial charge in [-0.3, -0.25) is 4.79 Å². The summed E-state index contributed by atoms with van der Waals surface area (Å²) in [7, 11) is 1.77. The van der Waals surface area contributed by atoms with E-state index in [0.717, 1.165) is 37.1 Å². The maximum absolute atomic E-state index is 13.8. The van der Waals surface area contributed by atoms with Crippen LogP contribution in [0.3, 0.4) is 0 Å². The molecule has 3 aromatic rings. The molecule has 1 aliphatic rings. The molecular formula is C24H24F4N4O. The second kappa shape index (κ2) is 9.25. The van der Waals surface area contributed by atoms with Crippen molar-refractivity contribution in [1.29, 1.82) is 0 Å². The monoisotopic (exact) mass is 460 g/mol. The molecule has 0 bridgehead atoms. The maximum atomic E-state index is 13.8. The van der Waals surface area contributed by atoms with Gasteiger partial charge in [-0.05, 0) is 68.1 Å². The molecule has 1 saturated carbocycles. The van der Waals surface area contributed by atoms with Gasteiger partial charge in [-0.2, -0.15) is 13.2 Å². The van der Waals surface area contributed by atoms with Crippen LogP contribution in [-0.2, 0) is 6.18 Å². The van der Waals surface area contributed by atoms with Crippen LogP contribution in [0.15, 0.2) is 48.5 Å². The molecule has 0 saturated heterocycles. The van der Waals surface area contributed by atoms with Crippen molar-refractivity contribution >= 4 is 28.2 Å². The number of carbonyl (C=O) groups excluding carboxylic acids is 1. The molecule has 5 nitrogen and oxygen atoms in total. The third kappa shape index (κ3) is 5.35. The fraction of sp³-hybridized carbons (Fsp3) is 0.333. The van der Waals surface area contributed by atoms with E-state index in [0.29, 0.717) is 12.0 Å². The summed E-state index contributed by atoms with van der Waals surface area (Å²) in [6, 6.07) is 11.3. The van der Waals surface area contributed by atoms with Crippen LogP contribution in [0, 0.1) is 5.82 Å². The number of fused-ring (bicyclic) bond motifs is 1. The molecule has 3 N–H and O–H groups in total. The summed E-state index contributed by atoms with van der Waals surface area (Å²) in [5.41, 5.74) is 0.573. The first-order valence-corrected chi connectivity index (χ1v) is 10.8. The van der Waals surface area contributed by atoms with E-state index in [1.54, 1.807) is 25.2 Å². The smallest absolute Gasteiger partial charge is 0.388 e. The third-order valence-electron chi connectivity index (χ3n) is 5.84. The predicted molar refractivity (Wildman–Crippen MR) is 120 cm³/mol. The third-order valence-corrected chi connectivity index (χ3v) is 5.84. The first kappa shape index (κ1) is 22.8. The molecule has 1 aromatic heterocycles. The van der Waals surface area contributed by atoms with Crippen molar-refractivity contribution in [3.63, 3.8) is 0 Å². The molecular weight excluding hydrogens is 436 g/mol. The van der Waals surface area contributed by atoms with Gasteiger partial charge in [0.1, 0.15) is 11.5 Å². The lowest BCUT2D eigenvalue weighted by Crippen LogP contribution is -2.41. The number of anilines is 2. The van der Waals surface area contributed by atoms with E-state index in [4.69, 9.17) is 0 Å². The number of hydrogen-bond donors (Lipinski definition) is 3. The molecule has 1 amide bonds. The summed E-state index contributed by atoms with van der Waals surface area (Å²) in [5, 5.41) is 9.46. The van der Waals surface area contributed by atoms with Gasteiger partial charge in [-0.15, -0.1) is 0 Å². The molecule has 33 heavy (non-hydrogen) atoms. The van der Waals surface area contributed by atoms with Gasteiger partial charge in [-0.1, -0.05) is 6.07 Å². The van der Waals surface area contributed by atoms with Crippen LogP contribution >= 0.6 is 0 Å². The molecule has 1 fully saturated rings. The Labute approximate surface area is 188 Å². The van der Waals surface area contributed by atoms with Crippen LogP contribution in [0.4, 0.5) is 28.9 Å². The number of nitrogens with zero attached hydrogens (tertiary/aromatic N) is 1. The zero-order valence-corrected chi connectivity index (χ0v) is 18.0. The molecule has 1 heterocycles. The van der Waals surface area contributed by atoms with Crippen molar-refractivity contribution in [1.82, 2.24) is 10.3 Å². The second-order valence-electron chi connectivity index (χ2n) is 8.22. The Kier molecular flexibility index (Phi) is 6.40. The topological polar surface area (TPSA) is 66.1 Å². The number of alkyl halides is 3. The lowest BCUT2D eigenvalue weighted by Gasteiger charge is -2.31. The summed E-state index contributed by atoms with van der Waals surface area (Å²) in [5.74, 6) is -0.752. The number of nitrogens with one attached hydrogen (secondary N) is 3. The normalized spacial score (nSPS) is 18.7. The Bertz CT molecular complexity index is 1160. The number of benzene rings is 2. The van der Waals surface area contributed by atoms with Crippen LogP contribution in [0.1, 0.15) is 41.7 Å². The summed E-state index contributed by atoms with van der Waals surface area (Å²) < 4.78 is 53.9. The summed E-state index contributed by atoms with van der Waals surface area (Å²) in [4.78, 5) is 16.3. The molecule has 2 atom stereocenters. The zero-order chi connectivity index (χ0) is 23.6. The molecule has 0 unspecified atom stereocenters. The van der Waals surface area contributed by atoms with Gasteiger partial charge in [0, 0.05) is 41.5 Å². The fourth-order valence-electron chi connectivity index (χ4n) is 4.22. The van der Waals surface area contributed by atoms with Crippen molar-refractivity contribution < 1.29 is 22.4 Å². The lowest BCUT2D eigenvalue weighted by atomic mass is 9.90. The Morgan fingerprint density at radius 3 is 2.61 bits per heavy atom. The minimum atomic E-state index is -4.62. The molecule has 2 aromatic carbocycles. The first-order valence-electron chi connectivity index (χ1n) is 10.8. The van der Waals surface area contributed by atoms with Gasteiger partial charge in [0.15, 0.2) is 0 Å². The number of aromatic nitrogens is 1. The zero-order valence-electron chi connectivity index (χ0n) is 18.0. The Hall–Kier alpha value is -3.36. The Balaban J connectivity index is 1.52. The highest BCUT2D eigenvalue weighted by Crippen LogP contribution is 2.34. The molecule has 0 aliphatic heterocycles. The van der Waals surface area contributed by atoms with Crippen molar-refractivity contribution in [2.45, 2.75) is 43.9 Å². The van der Waals surface area contributed by atoms with Crippen LogP contribution in [0.2, 0.25) is 0 Å². The van der Waals surface area contributed by atoms with Gasteiger partial charge in [0.05, 0.1) is 5.52 Å². The minimum absolute atomic E-state index is 0.0683. The SMILES string of the molecule is CNc1cccc(C(=O)N[C@@H]2CCC[C@H](Nc3cc(C(F)(F)F)nc4ccc(F)cc34)C2)c1. The standard InChI is InChI=1S/C24H24F4N4O/c1-29-16-5-2-4-14(10-16)23(33)31-18-7-3-6-17(12-18)30-21-13-22(24(26,27)28)32-20-9-8-15(25)11-19(20)21/h2,4-5,8-11,13,17-18,29H,3,6-7,12H2,1H3,(H,30,32)(H,31,33)/t17-,18+/m0/s1. The van der Waals surface area contributed by atoms with Crippen LogP contribution < -0.4 is 16.0 Å². The Morgan fingerprint density at radius 2 is 1.85 bits per heavy atom. The number of halogens is 4. The summed E-state index contributed by atoms with van der Waals surface area (Å²) in [6.45, 7) is 0. The molecule has 1 aliphatic carbocycles. The van der Waals surface area contributed by atoms with E-state index >= 15 is 0 Å². The first-order chi connectivity index (χ1) is 15.7. The number of rotatable bonds is 5. The molecule has 4 rings (SSSR count). The fourth-order valence-corrected chi connectivity index (χ4v) is 4.22. The quantitative estimate of drug-likeness (QED) is 0.435. The highest BCUT2D eigenvalue weighted by Gasteiger charge is 2.34. The average Bonchev–Trinajstić information content (AvgIpc) is 2.79. The summed E-state index contributed by atoms with van der Waals surface area (Å²) >= 11 is 0. The summed E-state index contributed by atoms with van der Waals surface area (Å²) in [6.07, 6.45) is -1.79. The predicted octanol–water partition coefficient (Wildman–Crippen LogP) is 5.59. The van der Waals surface area contributed by atoms with Crippen molar-refractivity contribution in [3.8, 4) is 0 Å². The number of pyridine rings is 1. The Morgan fingerprint density at radius 1 is 1.06 bits per heavy atom. The van der Waals surface area contributed by atoms with E-state index in [2.05, 4.69) is 20.9 Å².